The van der Waals surface area contributed by atoms with E-state index in [1.807, 2.05) is 12.1 Å². The average molecular weight is 362 g/mol. The molecule has 7 nitrogen and oxygen atoms in total. The molecule has 0 saturated heterocycles. The first-order valence-electron chi connectivity index (χ1n) is 9.12. The van der Waals surface area contributed by atoms with E-state index in [-0.39, 0.29) is 17.0 Å². The Labute approximate surface area is 155 Å². The van der Waals surface area contributed by atoms with E-state index in [1.165, 1.54) is 0 Å². The van der Waals surface area contributed by atoms with Crippen molar-refractivity contribution in [3.8, 4) is 11.5 Å². The fourth-order valence-electron chi connectivity index (χ4n) is 3.83. The average Bonchev–Trinajstić information content (AvgIpc) is 3.33. The van der Waals surface area contributed by atoms with Crippen LogP contribution in [0.15, 0.2) is 39.8 Å². The number of hydrogen-bond donors (Lipinski definition) is 1. The van der Waals surface area contributed by atoms with Gasteiger partial charge in [0.05, 0.1) is 12.1 Å². The number of pyridine rings is 2. The van der Waals surface area contributed by atoms with Gasteiger partial charge in [-0.15, -0.1) is 0 Å². The van der Waals surface area contributed by atoms with Gasteiger partial charge in [-0.2, -0.15) is 0 Å². The summed E-state index contributed by atoms with van der Waals surface area (Å²) < 4.78 is 5.85. The second-order valence-corrected chi connectivity index (χ2v) is 6.98. The Bertz CT molecular complexity index is 1080. The number of carbonyl (C=O) groups excluding carboxylic acids is 1. The van der Waals surface area contributed by atoms with Crippen molar-refractivity contribution >= 4 is 5.91 Å². The van der Waals surface area contributed by atoms with Crippen molar-refractivity contribution < 1.29 is 9.21 Å². The zero-order chi connectivity index (χ0) is 18.4. The zero-order valence-electron chi connectivity index (χ0n) is 14.7. The van der Waals surface area contributed by atoms with E-state index in [4.69, 9.17) is 4.42 Å². The Morgan fingerprint density at radius 3 is 3.04 bits per heavy atom. The molecule has 1 aliphatic heterocycles. The highest BCUT2D eigenvalue weighted by Gasteiger charge is 2.28. The summed E-state index contributed by atoms with van der Waals surface area (Å²) in [5, 5.41) is 0. The lowest BCUT2D eigenvalue weighted by Gasteiger charge is -2.25. The standard InChI is InChI=1S/C20H18N4O3/c25-18-14(9-12-3-1-5-15(12)22-18)20(26)24-8-6-17-16(11-24)23-19(27-17)13-4-2-7-21-10-13/h2,4,7,9-10H,1,3,5-6,8,11H2,(H,22,25). The largest absolute Gasteiger partial charge is 0.441 e. The molecule has 1 N–H and O–H groups in total. The molecule has 4 heterocycles. The maximum absolute atomic E-state index is 12.9. The number of fused-ring (bicyclic) bond motifs is 2. The summed E-state index contributed by atoms with van der Waals surface area (Å²) in [5.74, 6) is 1.06. The second-order valence-electron chi connectivity index (χ2n) is 6.98. The van der Waals surface area contributed by atoms with Crippen LogP contribution in [0.3, 0.4) is 0 Å². The molecule has 0 bridgehead atoms. The SMILES string of the molecule is O=C(c1cc2c([nH]c1=O)CCC2)N1CCc2oc(-c3cccnc3)nc2C1. The number of amides is 1. The minimum Gasteiger partial charge on any atom is -0.441 e. The molecule has 0 saturated carbocycles. The number of oxazole rings is 1. The molecule has 0 unspecified atom stereocenters. The zero-order valence-corrected chi connectivity index (χ0v) is 14.7. The van der Waals surface area contributed by atoms with Crippen LogP contribution in [0.2, 0.25) is 0 Å². The summed E-state index contributed by atoms with van der Waals surface area (Å²) in [5.41, 5.74) is 3.51. The molecule has 0 spiro atoms. The van der Waals surface area contributed by atoms with Gasteiger partial charge in [0.1, 0.15) is 17.0 Å². The van der Waals surface area contributed by atoms with Crippen molar-refractivity contribution in [2.24, 2.45) is 0 Å². The van der Waals surface area contributed by atoms with Gasteiger partial charge in [-0.25, -0.2) is 4.98 Å². The van der Waals surface area contributed by atoms with E-state index in [0.717, 1.165) is 47.5 Å². The number of nitrogens with zero attached hydrogens (tertiary/aromatic N) is 3. The van der Waals surface area contributed by atoms with E-state index in [0.29, 0.717) is 25.4 Å². The smallest absolute Gasteiger partial charge is 0.261 e. The summed E-state index contributed by atoms with van der Waals surface area (Å²) in [4.78, 5) is 38.5. The number of aryl methyl sites for hydroxylation is 2. The number of rotatable bonds is 2. The van der Waals surface area contributed by atoms with E-state index in [1.54, 1.807) is 23.4 Å². The molecule has 0 radical (unpaired) electrons. The maximum Gasteiger partial charge on any atom is 0.261 e. The number of H-pyrrole nitrogens is 1. The highest BCUT2D eigenvalue weighted by atomic mass is 16.4. The number of carbonyl (C=O) groups is 1. The van der Waals surface area contributed by atoms with Crippen LogP contribution in [0.25, 0.3) is 11.5 Å². The molecule has 7 heteroatoms. The molecule has 5 rings (SSSR count). The van der Waals surface area contributed by atoms with Crippen LogP contribution in [0, 0.1) is 0 Å². The maximum atomic E-state index is 12.9. The van der Waals surface area contributed by atoms with Gasteiger partial charge in [0.15, 0.2) is 0 Å². The topological polar surface area (TPSA) is 92.1 Å². The molecule has 2 aliphatic rings. The number of nitrogens with one attached hydrogen (secondary N) is 1. The first-order chi connectivity index (χ1) is 13.2. The van der Waals surface area contributed by atoms with Gasteiger partial charge >= 0.3 is 0 Å². The van der Waals surface area contributed by atoms with E-state index in [9.17, 15) is 9.59 Å². The Hall–Kier alpha value is -3.22. The lowest BCUT2D eigenvalue weighted by Crippen LogP contribution is -2.38. The Morgan fingerprint density at radius 2 is 2.19 bits per heavy atom. The van der Waals surface area contributed by atoms with Gasteiger partial charge in [-0.3, -0.25) is 14.6 Å². The fraction of sp³-hybridized carbons (Fsp3) is 0.300. The minimum absolute atomic E-state index is 0.218. The van der Waals surface area contributed by atoms with E-state index in [2.05, 4.69) is 15.0 Å². The first-order valence-corrected chi connectivity index (χ1v) is 9.12. The van der Waals surface area contributed by atoms with Gasteiger partial charge in [0.25, 0.3) is 11.5 Å². The Kier molecular flexibility index (Phi) is 3.67. The third kappa shape index (κ3) is 2.75. The lowest BCUT2D eigenvalue weighted by molar-refractivity contribution is 0.0726. The van der Waals surface area contributed by atoms with Crippen LogP contribution in [0.4, 0.5) is 0 Å². The quantitative estimate of drug-likeness (QED) is 0.754. The van der Waals surface area contributed by atoms with Crippen molar-refractivity contribution in [1.82, 2.24) is 19.9 Å². The molecular weight excluding hydrogens is 344 g/mol. The van der Waals surface area contributed by atoms with Gasteiger partial charge in [-0.1, -0.05) is 0 Å². The normalized spacial score (nSPS) is 15.5. The summed E-state index contributed by atoms with van der Waals surface area (Å²) in [6.45, 7) is 0.846. The van der Waals surface area contributed by atoms with Crippen molar-refractivity contribution in [3.05, 3.63) is 69.2 Å². The summed E-state index contributed by atoms with van der Waals surface area (Å²) in [6, 6.07) is 5.48. The molecule has 136 valence electrons. The van der Waals surface area contributed by atoms with Crippen molar-refractivity contribution in [2.45, 2.75) is 32.2 Å². The first kappa shape index (κ1) is 16.0. The van der Waals surface area contributed by atoms with Gasteiger partial charge < -0.3 is 14.3 Å². The van der Waals surface area contributed by atoms with Crippen molar-refractivity contribution in [2.75, 3.05) is 6.54 Å². The Morgan fingerprint density at radius 1 is 1.26 bits per heavy atom. The molecule has 0 fully saturated rings. The van der Waals surface area contributed by atoms with Gasteiger partial charge in [0, 0.05) is 31.1 Å². The molecular formula is C20H18N4O3. The van der Waals surface area contributed by atoms with E-state index < -0.39 is 0 Å². The van der Waals surface area contributed by atoms with Crippen LogP contribution in [0.1, 0.15) is 39.5 Å². The summed E-state index contributed by atoms with van der Waals surface area (Å²) >= 11 is 0. The fourth-order valence-corrected chi connectivity index (χ4v) is 3.83. The molecule has 1 aliphatic carbocycles. The second kappa shape index (κ2) is 6.19. The van der Waals surface area contributed by atoms with Crippen LogP contribution in [-0.4, -0.2) is 32.3 Å². The van der Waals surface area contributed by atoms with Gasteiger partial charge in [-0.05, 0) is 43.0 Å². The van der Waals surface area contributed by atoms with E-state index >= 15 is 0 Å². The molecule has 27 heavy (non-hydrogen) atoms. The predicted molar refractivity (Wildman–Crippen MR) is 97.3 cm³/mol. The minimum atomic E-state index is -0.303. The van der Waals surface area contributed by atoms with Crippen LogP contribution >= 0.6 is 0 Å². The molecule has 0 aromatic carbocycles. The number of aromatic amines is 1. The number of aromatic nitrogens is 3. The molecule has 3 aromatic heterocycles. The van der Waals surface area contributed by atoms with Crippen molar-refractivity contribution in [3.63, 3.8) is 0 Å². The molecule has 1 amide bonds. The monoisotopic (exact) mass is 362 g/mol. The predicted octanol–water partition coefficient (Wildman–Crippen LogP) is 2.11. The molecule has 0 atom stereocenters. The summed E-state index contributed by atoms with van der Waals surface area (Å²) in [6.07, 6.45) is 6.78. The highest BCUT2D eigenvalue weighted by Crippen LogP contribution is 2.26. The third-order valence-corrected chi connectivity index (χ3v) is 5.24. The highest BCUT2D eigenvalue weighted by molar-refractivity contribution is 5.94. The van der Waals surface area contributed by atoms with Crippen molar-refractivity contribution in [1.29, 1.82) is 0 Å². The lowest BCUT2D eigenvalue weighted by atomic mass is 10.1. The molecule has 3 aromatic rings. The van der Waals surface area contributed by atoms with Crippen LogP contribution < -0.4 is 5.56 Å². The van der Waals surface area contributed by atoms with Gasteiger partial charge in [0.2, 0.25) is 5.89 Å². The van der Waals surface area contributed by atoms with Crippen LogP contribution in [0.5, 0.6) is 0 Å². The summed E-state index contributed by atoms with van der Waals surface area (Å²) in [7, 11) is 0. The third-order valence-electron chi connectivity index (χ3n) is 5.24. The Balaban J connectivity index is 1.42. The number of hydrogen-bond acceptors (Lipinski definition) is 5. The van der Waals surface area contributed by atoms with Crippen LogP contribution in [-0.2, 0) is 25.8 Å².